The Labute approximate surface area is 125 Å². The van der Waals surface area contributed by atoms with Crippen molar-refractivity contribution in [1.82, 2.24) is 4.90 Å². The van der Waals surface area contributed by atoms with Crippen LogP contribution >= 0.6 is 12.2 Å². The molecule has 0 radical (unpaired) electrons. The van der Waals surface area contributed by atoms with E-state index in [2.05, 4.69) is 4.90 Å². The van der Waals surface area contributed by atoms with Crippen LogP contribution in [-0.2, 0) is 6.54 Å². The van der Waals surface area contributed by atoms with Gasteiger partial charge in [-0.05, 0) is 61.9 Å². The highest BCUT2D eigenvalue weighted by Gasteiger charge is 2.34. The predicted molar refractivity (Wildman–Crippen MR) is 83.1 cm³/mol. The number of halogens is 1. The number of piperidine rings is 1. The van der Waals surface area contributed by atoms with Gasteiger partial charge < -0.3 is 5.73 Å². The molecule has 2 unspecified atom stereocenters. The topological polar surface area (TPSA) is 29.3 Å². The summed E-state index contributed by atoms with van der Waals surface area (Å²) < 4.78 is 13.7. The van der Waals surface area contributed by atoms with Crippen molar-refractivity contribution in [2.45, 2.75) is 44.7 Å². The lowest BCUT2D eigenvalue weighted by atomic mass is 9.91. The zero-order chi connectivity index (χ0) is 14.1. The smallest absolute Gasteiger partial charge is 0.124 e. The van der Waals surface area contributed by atoms with Crippen LogP contribution in [0.5, 0.6) is 0 Å². The van der Waals surface area contributed by atoms with Gasteiger partial charge in [0.25, 0.3) is 0 Å². The molecule has 1 saturated carbocycles. The minimum atomic E-state index is -0.245. The Morgan fingerprint density at radius 2 is 2.05 bits per heavy atom. The number of hydrogen-bond donors (Lipinski definition) is 1. The number of rotatable bonds is 3. The van der Waals surface area contributed by atoms with Crippen LogP contribution in [0.25, 0.3) is 0 Å². The second-order valence-corrected chi connectivity index (χ2v) is 6.52. The third kappa shape index (κ3) is 2.86. The third-order valence-electron chi connectivity index (χ3n) is 4.74. The van der Waals surface area contributed by atoms with Gasteiger partial charge in [0.05, 0.1) is 0 Å². The maximum absolute atomic E-state index is 13.7. The molecule has 0 aromatic heterocycles. The molecule has 2 N–H and O–H groups in total. The summed E-state index contributed by atoms with van der Waals surface area (Å²) in [6, 6.07) is 5.66. The molecule has 0 spiro atoms. The van der Waals surface area contributed by atoms with Crippen LogP contribution in [-0.4, -0.2) is 22.5 Å². The standard InChI is InChI=1S/C16H21FN2S/c17-14-8-11(7-13(9-14)16(18)20)10-19-6-2-4-12-3-1-5-15(12)19/h7-9,12,15H,1-6,10H2,(H2,18,20). The molecule has 1 saturated heterocycles. The lowest BCUT2D eigenvalue weighted by Crippen LogP contribution is -2.41. The lowest BCUT2D eigenvalue weighted by molar-refractivity contribution is 0.106. The zero-order valence-electron chi connectivity index (χ0n) is 11.6. The number of benzene rings is 1. The summed E-state index contributed by atoms with van der Waals surface area (Å²) >= 11 is 4.96. The molecule has 1 aliphatic carbocycles. The predicted octanol–water partition coefficient (Wildman–Crippen LogP) is 3.22. The quantitative estimate of drug-likeness (QED) is 0.867. The minimum Gasteiger partial charge on any atom is -0.389 e. The van der Waals surface area contributed by atoms with Gasteiger partial charge in [0.1, 0.15) is 10.8 Å². The van der Waals surface area contributed by atoms with E-state index in [-0.39, 0.29) is 10.8 Å². The molecule has 1 aromatic carbocycles. The van der Waals surface area contributed by atoms with Crippen molar-refractivity contribution in [2.75, 3.05) is 6.54 Å². The third-order valence-corrected chi connectivity index (χ3v) is 4.97. The molecule has 3 rings (SSSR count). The molecule has 2 nitrogen and oxygen atoms in total. The van der Waals surface area contributed by atoms with Gasteiger partial charge in [-0.15, -0.1) is 0 Å². The number of thiocarbonyl (C=S) groups is 1. The number of fused-ring (bicyclic) bond motifs is 1. The van der Waals surface area contributed by atoms with Crippen molar-refractivity contribution in [3.8, 4) is 0 Å². The average molecular weight is 292 g/mol. The van der Waals surface area contributed by atoms with E-state index in [4.69, 9.17) is 18.0 Å². The first-order chi connectivity index (χ1) is 9.63. The van der Waals surface area contributed by atoms with E-state index in [1.165, 1.54) is 38.2 Å². The SMILES string of the molecule is NC(=S)c1cc(F)cc(CN2CCCC3CCCC32)c1. The Morgan fingerprint density at radius 3 is 2.85 bits per heavy atom. The minimum absolute atomic E-state index is 0.245. The van der Waals surface area contributed by atoms with Gasteiger partial charge in [-0.1, -0.05) is 18.6 Å². The van der Waals surface area contributed by atoms with E-state index in [1.807, 2.05) is 6.07 Å². The van der Waals surface area contributed by atoms with Crippen LogP contribution in [0.1, 0.15) is 43.2 Å². The first kappa shape index (κ1) is 14.0. The highest BCUT2D eigenvalue weighted by atomic mass is 32.1. The van der Waals surface area contributed by atoms with E-state index < -0.39 is 0 Å². The maximum Gasteiger partial charge on any atom is 0.124 e. The van der Waals surface area contributed by atoms with Gasteiger partial charge in [0.15, 0.2) is 0 Å². The largest absolute Gasteiger partial charge is 0.389 e. The summed E-state index contributed by atoms with van der Waals surface area (Å²) in [6.45, 7) is 1.94. The summed E-state index contributed by atoms with van der Waals surface area (Å²) in [5, 5.41) is 0. The molecular formula is C16H21FN2S. The summed E-state index contributed by atoms with van der Waals surface area (Å²) in [4.78, 5) is 2.79. The van der Waals surface area contributed by atoms with Crippen molar-refractivity contribution in [1.29, 1.82) is 0 Å². The Hall–Kier alpha value is -1.00. The molecular weight excluding hydrogens is 271 g/mol. The van der Waals surface area contributed by atoms with Crippen molar-refractivity contribution in [2.24, 2.45) is 11.7 Å². The van der Waals surface area contributed by atoms with Crippen LogP contribution in [0.15, 0.2) is 18.2 Å². The Balaban J connectivity index is 1.78. The van der Waals surface area contributed by atoms with Gasteiger partial charge in [0.2, 0.25) is 0 Å². The monoisotopic (exact) mass is 292 g/mol. The maximum atomic E-state index is 13.7. The molecule has 20 heavy (non-hydrogen) atoms. The van der Waals surface area contributed by atoms with Crippen molar-refractivity contribution in [3.05, 3.63) is 35.1 Å². The fourth-order valence-electron chi connectivity index (χ4n) is 3.87. The molecule has 1 aromatic rings. The first-order valence-electron chi connectivity index (χ1n) is 7.47. The normalized spacial score (nSPS) is 26.4. The zero-order valence-corrected chi connectivity index (χ0v) is 12.5. The first-order valence-corrected chi connectivity index (χ1v) is 7.87. The van der Waals surface area contributed by atoms with Gasteiger partial charge >= 0.3 is 0 Å². The van der Waals surface area contributed by atoms with Crippen molar-refractivity contribution < 1.29 is 4.39 Å². The molecule has 1 heterocycles. The van der Waals surface area contributed by atoms with E-state index in [9.17, 15) is 4.39 Å². The fraction of sp³-hybridized carbons (Fsp3) is 0.562. The fourth-order valence-corrected chi connectivity index (χ4v) is 3.99. The summed E-state index contributed by atoms with van der Waals surface area (Å²) in [5.74, 6) is 0.609. The van der Waals surface area contributed by atoms with Crippen LogP contribution < -0.4 is 5.73 Å². The summed E-state index contributed by atoms with van der Waals surface area (Å²) in [5.41, 5.74) is 7.24. The highest BCUT2D eigenvalue weighted by molar-refractivity contribution is 7.80. The molecule has 4 heteroatoms. The number of nitrogens with two attached hydrogens (primary N) is 1. The van der Waals surface area contributed by atoms with Crippen molar-refractivity contribution in [3.63, 3.8) is 0 Å². The molecule has 2 fully saturated rings. The van der Waals surface area contributed by atoms with Crippen molar-refractivity contribution >= 4 is 17.2 Å². The molecule has 2 atom stereocenters. The summed E-state index contributed by atoms with van der Waals surface area (Å²) in [7, 11) is 0. The average Bonchev–Trinajstić information content (AvgIpc) is 2.87. The second kappa shape index (κ2) is 5.78. The van der Waals surface area contributed by atoms with E-state index in [0.717, 1.165) is 24.6 Å². The summed E-state index contributed by atoms with van der Waals surface area (Å²) in [6.07, 6.45) is 6.62. The van der Waals surface area contributed by atoms with Crippen LogP contribution in [0.3, 0.4) is 0 Å². The molecule has 0 bridgehead atoms. The van der Waals surface area contributed by atoms with Gasteiger partial charge in [0, 0.05) is 18.2 Å². The van der Waals surface area contributed by atoms with E-state index >= 15 is 0 Å². The molecule has 2 aliphatic rings. The van der Waals surface area contributed by atoms with Crippen LogP contribution in [0.4, 0.5) is 4.39 Å². The van der Waals surface area contributed by atoms with Crippen LogP contribution in [0, 0.1) is 11.7 Å². The van der Waals surface area contributed by atoms with Gasteiger partial charge in [-0.2, -0.15) is 0 Å². The van der Waals surface area contributed by atoms with Crippen LogP contribution in [0.2, 0.25) is 0 Å². The molecule has 1 aliphatic heterocycles. The number of likely N-dealkylation sites (tertiary alicyclic amines) is 1. The Bertz CT molecular complexity index is 517. The second-order valence-electron chi connectivity index (χ2n) is 6.08. The van der Waals surface area contributed by atoms with Gasteiger partial charge in [-0.3, -0.25) is 4.90 Å². The number of hydrogen-bond acceptors (Lipinski definition) is 2. The Morgan fingerprint density at radius 1 is 1.25 bits per heavy atom. The van der Waals surface area contributed by atoms with Gasteiger partial charge in [-0.25, -0.2) is 4.39 Å². The Kier molecular flexibility index (Phi) is 4.03. The molecule has 108 valence electrons. The highest BCUT2D eigenvalue weighted by Crippen LogP contribution is 2.37. The van der Waals surface area contributed by atoms with E-state index in [0.29, 0.717) is 11.6 Å². The number of nitrogens with zero attached hydrogens (tertiary/aromatic N) is 1. The lowest BCUT2D eigenvalue weighted by Gasteiger charge is -2.37. The van der Waals surface area contributed by atoms with E-state index in [1.54, 1.807) is 6.07 Å². The molecule has 0 amide bonds.